The first kappa shape index (κ1) is 18.8. The molecule has 0 unspecified atom stereocenters. The van der Waals surface area contributed by atoms with E-state index in [1.807, 2.05) is 22.9 Å². The van der Waals surface area contributed by atoms with Crippen LogP contribution in [0.15, 0.2) is 46.8 Å². The first-order valence-corrected chi connectivity index (χ1v) is 9.30. The fourth-order valence-electron chi connectivity index (χ4n) is 3.20. The van der Waals surface area contributed by atoms with Gasteiger partial charge in [0.15, 0.2) is 5.66 Å². The Morgan fingerprint density at radius 1 is 1.26 bits per heavy atom. The molecule has 6 nitrogen and oxygen atoms in total. The Morgan fingerprint density at radius 2 is 2.00 bits per heavy atom. The number of benzene rings is 1. The van der Waals surface area contributed by atoms with Crippen LogP contribution in [0.5, 0.6) is 0 Å². The van der Waals surface area contributed by atoms with Crippen molar-refractivity contribution in [3.63, 3.8) is 0 Å². The topological polar surface area (TPSA) is 71.6 Å². The summed E-state index contributed by atoms with van der Waals surface area (Å²) in [5, 5.41) is 15.6. The molecule has 0 saturated heterocycles. The zero-order valence-corrected chi connectivity index (χ0v) is 15.9. The number of nitrogens with one attached hydrogen (secondary N) is 1. The molecule has 0 spiro atoms. The molecule has 3 rings (SSSR count). The Labute approximate surface area is 160 Å². The maximum absolute atomic E-state index is 12.7. The molecule has 140 valence electrons. The van der Waals surface area contributed by atoms with Crippen molar-refractivity contribution in [3.05, 3.63) is 53.3 Å². The number of rotatable bonds is 9. The van der Waals surface area contributed by atoms with Crippen LogP contribution in [0.1, 0.15) is 60.6 Å². The highest BCUT2D eigenvalue weighted by molar-refractivity contribution is 5.95. The van der Waals surface area contributed by atoms with Gasteiger partial charge in [0.1, 0.15) is 0 Å². The van der Waals surface area contributed by atoms with E-state index in [0.29, 0.717) is 31.5 Å². The molecule has 2 heterocycles. The van der Waals surface area contributed by atoms with Gasteiger partial charge in [-0.05, 0) is 11.5 Å². The highest BCUT2D eigenvalue weighted by atomic mass is 16.1. The molecule has 27 heavy (non-hydrogen) atoms. The third-order valence-corrected chi connectivity index (χ3v) is 4.71. The van der Waals surface area contributed by atoms with Crippen molar-refractivity contribution in [2.45, 2.75) is 51.2 Å². The number of carbonyl (C=O) groups is 1. The summed E-state index contributed by atoms with van der Waals surface area (Å²) in [4.78, 5) is 12.7. The Kier molecular flexibility index (Phi) is 5.70. The Balaban J connectivity index is 1.63. The van der Waals surface area contributed by atoms with Gasteiger partial charge in [-0.2, -0.15) is 15.3 Å². The van der Waals surface area contributed by atoms with E-state index in [9.17, 15) is 4.79 Å². The molecule has 1 amide bonds. The summed E-state index contributed by atoms with van der Waals surface area (Å²) >= 11 is 0. The molecular formula is C21H25N5O. The van der Waals surface area contributed by atoms with Crippen molar-refractivity contribution < 1.29 is 4.79 Å². The fraction of sp³-hybridized carbons (Fsp3) is 0.429. The first-order valence-electron chi connectivity index (χ1n) is 9.30. The molecule has 1 aromatic carbocycles. The minimum Gasteiger partial charge on any atom is -0.352 e. The molecule has 0 atom stereocenters. The smallest absolute Gasteiger partial charge is 0.254 e. The predicted octanol–water partition coefficient (Wildman–Crippen LogP) is 3.75. The predicted molar refractivity (Wildman–Crippen MR) is 104 cm³/mol. The van der Waals surface area contributed by atoms with Gasteiger partial charge in [0.05, 0.1) is 24.0 Å². The third kappa shape index (κ3) is 4.62. The molecule has 1 N–H and O–H groups in total. The Morgan fingerprint density at radius 3 is 2.63 bits per heavy atom. The average molecular weight is 363 g/mol. The lowest BCUT2D eigenvalue weighted by atomic mass is 10.0. The number of aromatic nitrogens is 2. The summed E-state index contributed by atoms with van der Waals surface area (Å²) in [5.74, 6) is 2.69. The van der Waals surface area contributed by atoms with Crippen LogP contribution in [0.3, 0.4) is 0 Å². The van der Waals surface area contributed by atoms with Crippen molar-refractivity contribution in [1.82, 2.24) is 15.1 Å². The normalized spacial score (nSPS) is 14.1. The van der Waals surface area contributed by atoms with Crippen LogP contribution in [0.4, 0.5) is 0 Å². The molecular weight excluding hydrogens is 338 g/mol. The lowest BCUT2D eigenvalue weighted by Gasteiger charge is -2.14. The summed E-state index contributed by atoms with van der Waals surface area (Å²) in [5.41, 5.74) is 2.35. The Bertz CT molecular complexity index is 854. The minimum absolute atomic E-state index is 0.106. The summed E-state index contributed by atoms with van der Waals surface area (Å²) in [6.07, 6.45) is 9.03. The maximum Gasteiger partial charge on any atom is 0.254 e. The highest BCUT2D eigenvalue weighted by Crippen LogP contribution is 2.36. The van der Waals surface area contributed by atoms with Crippen molar-refractivity contribution >= 4 is 5.91 Å². The number of hydrogen-bond donors (Lipinski definition) is 1. The molecule has 0 fully saturated rings. The summed E-state index contributed by atoms with van der Waals surface area (Å²) in [7, 11) is 0. The quantitative estimate of drug-likeness (QED) is 0.689. The second-order valence-electron chi connectivity index (χ2n) is 7.13. The van der Waals surface area contributed by atoms with Crippen LogP contribution in [0.25, 0.3) is 0 Å². The number of nitrogens with zero attached hydrogens (tertiary/aromatic N) is 4. The van der Waals surface area contributed by atoms with Crippen molar-refractivity contribution in [2.75, 3.05) is 6.54 Å². The molecule has 2 aromatic rings. The van der Waals surface area contributed by atoms with Crippen LogP contribution in [-0.2, 0) is 6.54 Å². The van der Waals surface area contributed by atoms with Crippen molar-refractivity contribution in [2.24, 2.45) is 10.2 Å². The lowest BCUT2D eigenvalue weighted by molar-refractivity contribution is 0.0950. The van der Waals surface area contributed by atoms with Gasteiger partial charge in [0, 0.05) is 25.8 Å². The van der Waals surface area contributed by atoms with Gasteiger partial charge in [-0.1, -0.05) is 44.2 Å². The number of amides is 1. The van der Waals surface area contributed by atoms with Gasteiger partial charge in [-0.3, -0.25) is 9.48 Å². The fourth-order valence-corrected chi connectivity index (χ4v) is 3.20. The second kappa shape index (κ2) is 8.17. The van der Waals surface area contributed by atoms with E-state index in [0.717, 1.165) is 17.7 Å². The molecule has 0 aliphatic carbocycles. The minimum atomic E-state index is -0.377. The van der Waals surface area contributed by atoms with E-state index in [4.69, 9.17) is 6.42 Å². The third-order valence-electron chi connectivity index (χ3n) is 4.71. The summed E-state index contributed by atoms with van der Waals surface area (Å²) in [6, 6.07) is 10.1. The molecule has 1 aromatic heterocycles. The largest absolute Gasteiger partial charge is 0.352 e. The van der Waals surface area contributed by atoms with Crippen molar-refractivity contribution in [1.29, 1.82) is 0 Å². The van der Waals surface area contributed by atoms with E-state index < -0.39 is 0 Å². The van der Waals surface area contributed by atoms with E-state index in [1.54, 1.807) is 6.20 Å². The zero-order valence-electron chi connectivity index (χ0n) is 15.9. The van der Waals surface area contributed by atoms with Gasteiger partial charge >= 0.3 is 0 Å². The van der Waals surface area contributed by atoms with Crippen LogP contribution < -0.4 is 5.32 Å². The molecule has 1 aliphatic rings. The molecule has 1 aliphatic heterocycles. The van der Waals surface area contributed by atoms with Gasteiger partial charge in [0.2, 0.25) is 0 Å². The van der Waals surface area contributed by atoms with Gasteiger partial charge in [-0.15, -0.1) is 12.3 Å². The van der Waals surface area contributed by atoms with Gasteiger partial charge in [0.25, 0.3) is 5.91 Å². The molecule has 6 heteroatoms. The zero-order chi connectivity index (χ0) is 19.3. The van der Waals surface area contributed by atoms with Crippen LogP contribution in [0.2, 0.25) is 0 Å². The highest BCUT2D eigenvalue weighted by Gasteiger charge is 2.38. The SMILES string of the molecule is C#CCCC1(CCNC(=O)c2cnn(Cc3ccccc3)c2C(C)C)N=N1. The maximum atomic E-state index is 12.7. The number of terminal acetylenes is 1. The van der Waals surface area contributed by atoms with E-state index in [2.05, 4.69) is 52.5 Å². The standard InChI is InChI=1S/C21H25N5O/c1-4-5-11-21(24-25-21)12-13-22-20(27)18-14-23-26(19(18)16(2)3)15-17-9-7-6-8-10-17/h1,6-10,14,16H,5,11-13,15H2,2-3H3,(H,22,27). The van der Waals surface area contributed by atoms with Crippen LogP contribution in [-0.4, -0.2) is 27.9 Å². The summed E-state index contributed by atoms with van der Waals surface area (Å²) < 4.78 is 1.91. The average Bonchev–Trinajstić information content (AvgIpc) is 3.30. The monoisotopic (exact) mass is 363 g/mol. The second-order valence-corrected chi connectivity index (χ2v) is 7.13. The summed E-state index contributed by atoms with van der Waals surface area (Å²) in [6.45, 7) is 5.31. The van der Waals surface area contributed by atoms with Gasteiger partial charge in [-0.25, -0.2) is 0 Å². The first-order chi connectivity index (χ1) is 13.0. The van der Waals surface area contributed by atoms with Crippen LogP contribution in [0, 0.1) is 12.3 Å². The van der Waals surface area contributed by atoms with E-state index >= 15 is 0 Å². The molecule has 0 radical (unpaired) electrons. The Hall–Kier alpha value is -2.94. The number of hydrogen-bond acceptors (Lipinski definition) is 4. The van der Waals surface area contributed by atoms with E-state index in [-0.39, 0.29) is 17.5 Å². The molecule has 0 saturated carbocycles. The lowest BCUT2D eigenvalue weighted by Crippen LogP contribution is -2.29. The number of carbonyl (C=O) groups excluding carboxylic acids is 1. The van der Waals surface area contributed by atoms with Crippen LogP contribution >= 0.6 is 0 Å². The van der Waals surface area contributed by atoms with Crippen molar-refractivity contribution in [3.8, 4) is 12.3 Å². The van der Waals surface area contributed by atoms with E-state index in [1.165, 1.54) is 0 Å². The molecule has 0 bridgehead atoms. The van der Waals surface area contributed by atoms with Gasteiger partial charge < -0.3 is 5.32 Å².